The highest BCUT2D eigenvalue weighted by molar-refractivity contribution is 9.11. The van der Waals surface area contributed by atoms with Crippen molar-refractivity contribution in [3.8, 4) is 0 Å². The Labute approximate surface area is 80.7 Å². The molecule has 0 aliphatic rings. The van der Waals surface area contributed by atoms with E-state index in [1.807, 2.05) is 12.1 Å². The number of thiophene rings is 1. The number of halogens is 1. The van der Waals surface area contributed by atoms with Crippen LogP contribution in [0.1, 0.15) is 4.88 Å². The summed E-state index contributed by atoms with van der Waals surface area (Å²) in [5, 5.41) is 0. The van der Waals surface area contributed by atoms with Crippen molar-refractivity contribution in [1.29, 1.82) is 0 Å². The maximum Gasteiger partial charge on any atom is 0.0886 e. The van der Waals surface area contributed by atoms with Crippen molar-refractivity contribution in [2.45, 2.75) is 6.54 Å². The second-order valence-electron chi connectivity index (χ2n) is 1.98. The van der Waals surface area contributed by atoms with Gasteiger partial charge in [-0.05, 0) is 28.1 Å². The Kier molecular flexibility index (Phi) is 3.71. The molecule has 1 aromatic rings. The quantitative estimate of drug-likeness (QED) is 0.876. The zero-order valence-electron chi connectivity index (χ0n) is 5.96. The topological polar surface area (TPSA) is 29.1 Å². The van der Waals surface area contributed by atoms with Crippen molar-refractivity contribution in [3.05, 3.63) is 20.8 Å². The number of hydrogen-bond donors (Lipinski definition) is 1. The molecule has 62 valence electrons. The molecule has 1 unspecified atom stereocenters. The second-order valence-corrected chi connectivity index (χ2v) is 5.73. The summed E-state index contributed by atoms with van der Waals surface area (Å²) in [6, 6.07) is 3.99. The van der Waals surface area contributed by atoms with Crippen molar-refractivity contribution < 1.29 is 4.21 Å². The average Bonchev–Trinajstić information content (AvgIpc) is 2.31. The molecule has 0 radical (unpaired) electrons. The van der Waals surface area contributed by atoms with E-state index in [1.54, 1.807) is 17.6 Å². The first-order valence-corrected chi connectivity index (χ1v) is 6.16. The summed E-state index contributed by atoms with van der Waals surface area (Å²) in [7, 11) is -0.915. The monoisotopic (exact) mass is 253 g/mol. The molecule has 0 saturated heterocycles. The fourth-order valence-corrected chi connectivity index (χ4v) is 2.49. The second kappa shape index (κ2) is 4.35. The van der Waals surface area contributed by atoms with Gasteiger partial charge in [-0.25, -0.2) is 8.93 Å². The van der Waals surface area contributed by atoms with Crippen LogP contribution < -0.4 is 4.72 Å². The Morgan fingerprint density at radius 2 is 2.45 bits per heavy atom. The molecule has 1 aromatic heterocycles. The maximum atomic E-state index is 10.6. The van der Waals surface area contributed by atoms with Gasteiger partial charge in [0.2, 0.25) is 0 Å². The Balaban J connectivity index is 2.45. The van der Waals surface area contributed by atoms with Crippen LogP contribution in [0.4, 0.5) is 0 Å². The molecule has 0 spiro atoms. The molecule has 11 heavy (non-hydrogen) atoms. The van der Waals surface area contributed by atoms with Crippen molar-refractivity contribution in [1.82, 2.24) is 4.72 Å². The highest BCUT2D eigenvalue weighted by atomic mass is 79.9. The first-order chi connectivity index (χ1) is 5.18. The zero-order valence-corrected chi connectivity index (χ0v) is 9.18. The van der Waals surface area contributed by atoms with Crippen LogP contribution in [0.3, 0.4) is 0 Å². The minimum atomic E-state index is -0.915. The molecule has 0 fully saturated rings. The first kappa shape index (κ1) is 9.38. The molecule has 1 heterocycles. The molecule has 5 heteroatoms. The van der Waals surface area contributed by atoms with Crippen molar-refractivity contribution in [3.63, 3.8) is 0 Å². The van der Waals surface area contributed by atoms with Crippen molar-refractivity contribution in [2.75, 3.05) is 6.26 Å². The third kappa shape index (κ3) is 3.46. The van der Waals surface area contributed by atoms with E-state index < -0.39 is 11.0 Å². The van der Waals surface area contributed by atoms with Gasteiger partial charge in [0.1, 0.15) is 0 Å². The summed E-state index contributed by atoms with van der Waals surface area (Å²) in [5.41, 5.74) is 0. The molecular formula is C6H8BrNOS2. The minimum Gasteiger partial charge on any atom is -0.243 e. The van der Waals surface area contributed by atoms with Gasteiger partial charge in [-0.3, -0.25) is 0 Å². The van der Waals surface area contributed by atoms with Crippen LogP contribution in [-0.2, 0) is 17.5 Å². The van der Waals surface area contributed by atoms with Crippen LogP contribution in [0, 0.1) is 0 Å². The maximum absolute atomic E-state index is 10.6. The van der Waals surface area contributed by atoms with Gasteiger partial charge in [0.05, 0.1) is 14.8 Å². The molecule has 2 nitrogen and oxygen atoms in total. The van der Waals surface area contributed by atoms with Gasteiger partial charge in [0, 0.05) is 17.7 Å². The summed E-state index contributed by atoms with van der Waals surface area (Å²) in [5.74, 6) is 0. The summed E-state index contributed by atoms with van der Waals surface area (Å²) in [6.07, 6.45) is 1.63. The van der Waals surface area contributed by atoms with Crippen LogP contribution in [0.2, 0.25) is 0 Å². The van der Waals surface area contributed by atoms with Gasteiger partial charge >= 0.3 is 0 Å². The predicted molar refractivity (Wildman–Crippen MR) is 52.9 cm³/mol. The highest BCUT2D eigenvalue weighted by Gasteiger charge is 1.96. The lowest BCUT2D eigenvalue weighted by Gasteiger charge is -1.95. The molecule has 0 aromatic carbocycles. The van der Waals surface area contributed by atoms with Crippen LogP contribution in [-0.4, -0.2) is 10.5 Å². The Morgan fingerprint density at radius 1 is 1.73 bits per heavy atom. The molecule has 0 aliphatic heterocycles. The lowest BCUT2D eigenvalue weighted by Crippen LogP contribution is -2.13. The van der Waals surface area contributed by atoms with Crippen LogP contribution in [0.5, 0.6) is 0 Å². The highest BCUT2D eigenvalue weighted by Crippen LogP contribution is 2.21. The minimum absolute atomic E-state index is 0.680. The Morgan fingerprint density at radius 3 is 2.91 bits per heavy atom. The molecule has 0 bridgehead atoms. The van der Waals surface area contributed by atoms with E-state index in [2.05, 4.69) is 20.7 Å². The van der Waals surface area contributed by atoms with E-state index in [0.29, 0.717) is 6.54 Å². The standard InChI is InChI=1S/C6H8BrNOS2/c1-11(9)8-4-5-2-3-6(7)10-5/h2-3,8H,4H2,1H3. The van der Waals surface area contributed by atoms with Gasteiger partial charge in [-0.15, -0.1) is 11.3 Å². The van der Waals surface area contributed by atoms with E-state index in [-0.39, 0.29) is 0 Å². The average molecular weight is 254 g/mol. The van der Waals surface area contributed by atoms with Gasteiger partial charge in [-0.2, -0.15) is 0 Å². The lowest BCUT2D eigenvalue weighted by molar-refractivity contribution is 0.676. The van der Waals surface area contributed by atoms with E-state index in [4.69, 9.17) is 0 Å². The molecule has 0 saturated carbocycles. The van der Waals surface area contributed by atoms with Crippen LogP contribution in [0.25, 0.3) is 0 Å². The van der Waals surface area contributed by atoms with Crippen LogP contribution >= 0.6 is 27.3 Å². The van der Waals surface area contributed by atoms with Crippen molar-refractivity contribution >= 4 is 38.3 Å². The van der Waals surface area contributed by atoms with E-state index in [9.17, 15) is 4.21 Å². The van der Waals surface area contributed by atoms with Crippen molar-refractivity contribution in [2.24, 2.45) is 0 Å². The molecular weight excluding hydrogens is 246 g/mol. The largest absolute Gasteiger partial charge is 0.243 e. The fourth-order valence-electron chi connectivity index (χ4n) is 0.620. The summed E-state index contributed by atoms with van der Waals surface area (Å²) in [4.78, 5) is 1.19. The smallest absolute Gasteiger partial charge is 0.0886 e. The summed E-state index contributed by atoms with van der Waals surface area (Å²) >= 11 is 5.00. The number of nitrogens with one attached hydrogen (secondary N) is 1. The zero-order chi connectivity index (χ0) is 8.27. The fraction of sp³-hybridized carbons (Fsp3) is 0.333. The van der Waals surface area contributed by atoms with E-state index in [1.165, 1.54) is 4.88 Å². The predicted octanol–water partition coefficient (Wildman–Crippen LogP) is 1.89. The first-order valence-electron chi connectivity index (χ1n) is 2.99. The normalized spacial score (nSPS) is 13.3. The summed E-state index contributed by atoms with van der Waals surface area (Å²) in [6.45, 7) is 0.680. The Hall–Kier alpha value is 0.290. The third-order valence-corrected chi connectivity index (χ3v) is 3.25. The molecule has 1 rings (SSSR count). The lowest BCUT2D eigenvalue weighted by atomic mass is 10.5. The van der Waals surface area contributed by atoms with Gasteiger partial charge in [0.15, 0.2) is 0 Å². The molecule has 1 atom stereocenters. The van der Waals surface area contributed by atoms with E-state index in [0.717, 1.165) is 3.79 Å². The summed E-state index contributed by atoms with van der Waals surface area (Å²) < 4.78 is 14.6. The molecule has 0 aliphatic carbocycles. The Bertz CT molecular complexity index is 261. The number of rotatable bonds is 3. The van der Waals surface area contributed by atoms with Gasteiger partial charge < -0.3 is 0 Å². The third-order valence-electron chi connectivity index (χ3n) is 1.08. The SMILES string of the molecule is CS(=O)NCc1ccc(Br)s1. The molecule has 1 N–H and O–H groups in total. The van der Waals surface area contributed by atoms with Gasteiger partial charge in [0.25, 0.3) is 0 Å². The van der Waals surface area contributed by atoms with E-state index >= 15 is 0 Å². The molecule has 0 amide bonds. The van der Waals surface area contributed by atoms with Gasteiger partial charge in [-0.1, -0.05) is 0 Å². The number of hydrogen-bond acceptors (Lipinski definition) is 2. The van der Waals surface area contributed by atoms with Crippen LogP contribution in [0.15, 0.2) is 15.9 Å².